The van der Waals surface area contributed by atoms with Gasteiger partial charge in [-0.1, -0.05) is 18.2 Å². The number of nitro benzene ring substituents is 1. The average molecular weight is 349 g/mol. The fourth-order valence-corrected chi connectivity index (χ4v) is 4.17. The smallest absolute Gasteiger partial charge is 0.289 e. The first-order valence-corrected chi connectivity index (χ1v) is 8.61. The van der Waals surface area contributed by atoms with E-state index in [9.17, 15) is 18.5 Å². The zero-order valence-corrected chi connectivity index (χ0v) is 13.4. The molecule has 1 heterocycles. The first-order chi connectivity index (χ1) is 11.4. The Hall–Kier alpha value is -2.65. The third-order valence-electron chi connectivity index (χ3n) is 3.71. The van der Waals surface area contributed by atoms with Crippen molar-refractivity contribution in [3.05, 3.63) is 58.1 Å². The Morgan fingerprint density at radius 1 is 1.25 bits per heavy atom. The predicted octanol–water partition coefficient (Wildman–Crippen LogP) is 1.64. The Bertz CT molecular complexity index is 898. The Balaban J connectivity index is 2.15. The SMILES string of the molecule is NCc1ccc2c(c1)N(S(=O)(=O)c1ccccc1[N+](=O)[O-])CCO2. The van der Waals surface area contributed by atoms with E-state index in [4.69, 9.17) is 10.5 Å². The highest BCUT2D eigenvalue weighted by Crippen LogP contribution is 2.37. The topological polar surface area (TPSA) is 116 Å². The number of ether oxygens (including phenoxy) is 1. The van der Waals surface area contributed by atoms with Gasteiger partial charge < -0.3 is 10.5 Å². The molecule has 1 aliphatic heterocycles. The van der Waals surface area contributed by atoms with Crippen LogP contribution in [0.25, 0.3) is 0 Å². The summed E-state index contributed by atoms with van der Waals surface area (Å²) in [6.45, 7) is 0.469. The van der Waals surface area contributed by atoms with Crippen molar-refractivity contribution in [2.24, 2.45) is 5.73 Å². The highest BCUT2D eigenvalue weighted by atomic mass is 32.2. The highest BCUT2D eigenvalue weighted by molar-refractivity contribution is 7.93. The molecule has 0 aromatic heterocycles. The number of benzene rings is 2. The molecule has 0 amide bonds. The molecule has 8 nitrogen and oxygen atoms in total. The molecule has 0 unspecified atom stereocenters. The minimum Gasteiger partial charge on any atom is -0.489 e. The maximum Gasteiger partial charge on any atom is 0.289 e. The van der Waals surface area contributed by atoms with Crippen molar-refractivity contribution in [1.29, 1.82) is 0 Å². The number of nitro groups is 1. The normalized spacial score (nSPS) is 14.0. The Morgan fingerprint density at radius 3 is 2.71 bits per heavy atom. The van der Waals surface area contributed by atoms with Crippen molar-refractivity contribution in [3.63, 3.8) is 0 Å². The Kier molecular flexibility index (Phi) is 4.12. The lowest BCUT2D eigenvalue weighted by atomic mass is 10.1. The minimum absolute atomic E-state index is 0.0649. The van der Waals surface area contributed by atoms with Crippen molar-refractivity contribution in [2.75, 3.05) is 17.5 Å². The number of sulfonamides is 1. The molecule has 9 heteroatoms. The lowest BCUT2D eigenvalue weighted by Crippen LogP contribution is -2.38. The number of para-hydroxylation sites is 1. The van der Waals surface area contributed by atoms with Gasteiger partial charge in [0, 0.05) is 12.6 Å². The number of nitrogens with two attached hydrogens (primary N) is 1. The number of hydrogen-bond donors (Lipinski definition) is 1. The summed E-state index contributed by atoms with van der Waals surface area (Å²) in [6, 6.07) is 10.3. The quantitative estimate of drug-likeness (QED) is 0.662. The Labute approximate surface area is 138 Å². The molecule has 0 saturated heterocycles. The van der Waals surface area contributed by atoms with E-state index in [1.54, 1.807) is 18.2 Å². The average Bonchev–Trinajstić information content (AvgIpc) is 2.60. The van der Waals surface area contributed by atoms with E-state index < -0.39 is 20.6 Å². The molecule has 24 heavy (non-hydrogen) atoms. The zero-order chi connectivity index (χ0) is 17.3. The highest BCUT2D eigenvalue weighted by Gasteiger charge is 2.34. The molecule has 2 aromatic rings. The molecule has 1 aliphatic rings. The summed E-state index contributed by atoms with van der Waals surface area (Å²) in [5.74, 6) is 0.403. The van der Waals surface area contributed by atoms with Gasteiger partial charge in [-0.2, -0.15) is 0 Å². The van der Waals surface area contributed by atoms with Crippen LogP contribution in [0, 0.1) is 10.1 Å². The summed E-state index contributed by atoms with van der Waals surface area (Å²) in [4.78, 5) is 10.1. The molecular formula is C15H15N3O5S. The largest absolute Gasteiger partial charge is 0.489 e. The molecule has 126 valence electrons. The van der Waals surface area contributed by atoms with Gasteiger partial charge in [0.05, 0.1) is 17.2 Å². The van der Waals surface area contributed by atoms with Gasteiger partial charge in [-0.05, 0) is 23.8 Å². The van der Waals surface area contributed by atoms with Crippen LogP contribution in [0.3, 0.4) is 0 Å². The van der Waals surface area contributed by atoms with Crippen LogP contribution in [0.5, 0.6) is 5.75 Å². The van der Waals surface area contributed by atoms with E-state index in [1.165, 1.54) is 24.3 Å². The second-order valence-electron chi connectivity index (χ2n) is 5.16. The van der Waals surface area contributed by atoms with Gasteiger partial charge in [0.25, 0.3) is 15.7 Å². The standard InChI is InChI=1S/C15H15N3O5S/c16-10-11-5-6-14-13(9-11)17(7-8-23-14)24(21,22)15-4-2-1-3-12(15)18(19)20/h1-6,9H,7-8,10,16H2. The number of fused-ring (bicyclic) bond motifs is 1. The molecule has 0 bridgehead atoms. The van der Waals surface area contributed by atoms with Crippen LogP contribution in [-0.2, 0) is 16.6 Å². The molecule has 0 aliphatic carbocycles. The lowest BCUT2D eigenvalue weighted by Gasteiger charge is -2.30. The summed E-state index contributed by atoms with van der Waals surface area (Å²) < 4.78 is 32.6. The molecule has 0 spiro atoms. The molecule has 0 radical (unpaired) electrons. The molecule has 0 fully saturated rings. The molecule has 0 saturated carbocycles. The molecule has 0 atom stereocenters. The van der Waals surface area contributed by atoms with Gasteiger partial charge in [-0.3, -0.25) is 14.4 Å². The predicted molar refractivity (Wildman–Crippen MR) is 87.5 cm³/mol. The van der Waals surface area contributed by atoms with Gasteiger partial charge in [0.15, 0.2) is 4.90 Å². The number of hydrogen-bond acceptors (Lipinski definition) is 6. The molecule has 2 aromatic carbocycles. The van der Waals surface area contributed by atoms with Crippen LogP contribution < -0.4 is 14.8 Å². The van der Waals surface area contributed by atoms with Crippen LogP contribution >= 0.6 is 0 Å². The van der Waals surface area contributed by atoms with E-state index in [2.05, 4.69) is 0 Å². The summed E-state index contributed by atoms with van der Waals surface area (Å²) in [7, 11) is -4.11. The van der Waals surface area contributed by atoms with E-state index in [-0.39, 0.29) is 24.6 Å². The summed E-state index contributed by atoms with van der Waals surface area (Å²) in [6.07, 6.45) is 0. The fraction of sp³-hybridized carbons (Fsp3) is 0.200. The maximum atomic E-state index is 13.0. The number of rotatable bonds is 4. The van der Waals surface area contributed by atoms with Crippen LogP contribution in [-0.4, -0.2) is 26.5 Å². The zero-order valence-electron chi connectivity index (χ0n) is 12.6. The first-order valence-electron chi connectivity index (χ1n) is 7.17. The van der Waals surface area contributed by atoms with Gasteiger partial charge in [-0.15, -0.1) is 0 Å². The molecular weight excluding hydrogens is 334 g/mol. The second kappa shape index (κ2) is 6.10. The van der Waals surface area contributed by atoms with Crippen molar-refractivity contribution in [1.82, 2.24) is 0 Å². The fourth-order valence-electron chi connectivity index (χ4n) is 2.56. The lowest BCUT2D eigenvalue weighted by molar-refractivity contribution is -0.387. The van der Waals surface area contributed by atoms with Crippen LogP contribution in [0.4, 0.5) is 11.4 Å². The number of nitrogens with zero attached hydrogens (tertiary/aromatic N) is 2. The first kappa shape index (κ1) is 16.2. The third-order valence-corrected chi connectivity index (χ3v) is 5.57. The van der Waals surface area contributed by atoms with Crippen molar-refractivity contribution in [3.8, 4) is 5.75 Å². The van der Waals surface area contributed by atoms with Crippen molar-refractivity contribution in [2.45, 2.75) is 11.4 Å². The van der Waals surface area contributed by atoms with Crippen LogP contribution in [0.15, 0.2) is 47.4 Å². The third kappa shape index (κ3) is 2.68. The Morgan fingerprint density at radius 2 is 2.00 bits per heavy atom. The van der Waals surface area contributed by atoms with Gasteiger partial charge in [-0.25, -0.2) is 8.42 Å². The van der Waals surface area contributed by atoms with E-state index >= 15 is 0 Å². The number of anilines is 1. The maximum absolute atomic E-state index is 13.0. The van der Waals surface area contributed by atoms with Crippen molar-refractivity contribution >= 4 is 21.4 Å². The van der Waals surface area contributed by atoms with E-state index in [1.807, 2.05) is 0 Å². The summed E-state index contributed by atoms with van der Waals surface area (Å²) in [5, 5.41) is 11.2. The van der Waals surface area contributed by atoms with Gasteiger partial charge in [0.1, 0.15) is 12.4 Å². The van der Waals surface area contributed by atoms with E-state index in [0.717, 1.165) is 9.87 Å². The minimum atomic E-state index is -4.11. The van der Waals surface area contributed by atoms with Crippen LogP contribution in [0.1, 0.15) is 5.56 Å². The molecule has 2 N–H and O–H groups in total. The molecule has 3 rings (SSSR count). The summed E-state index contributed by atoms with van der Waals surface area (Å²) in [5.41, 5.74) is 6.23. The van der Waals surface area contributed by atoms with E-state index in [0.29, 0.717) is 11.4 Å². The van der Waals surface area contributed by atoms with Gasteiger partial charge >= 0.3 is 0 Å². The second-order valence-corrected chi connectivity index (χ2v) is 6.99. The monoisotopic (exact) mass is 349 g/mol. The van der Waals surface area contributed by atoms with Crippen molar-refractivity contribution < 1.29 is 18.1 Å². The van der Waals surface area contributed by atoms with Gasteiger partial charge in [0.2, 0.25) is 0 Å². The summed E-state index contributed by atoms with van der Waals surface area (Å²) >= 11 is 0. The van der Waals surface area contributed by atoms with Crippen LogP contribution in [0.2, 0.25) is 0 Å².